The topological polar surface area (TPSA) is 41.1 Å². The fourth-order valence-corrected chi connectivity index (χ4v) is 3.93. The molecule has 27 heavy (non-hydrogen) atoms. The van der Waals surface area contributed by atoms with E-state index < -0.39 is 0 Å². The molecule has 6 heteroatoms. The fraction of sp³-hybridized carbons (Fsp3) is 0.190. The lowest BCUT2D eigenvalue weighted by atomic mass is 10.1. The summed E-state index contributed by atoms with van der Waals surface area (Å²) in [4.78, 5) is 13.5. The van der Waals surface area contributed by atoms with Crippen molar-refractivity contribution in [3.8, 4) is 0 Å². The summed E-state index contributed by atoms with van der Waals surface area (Å²) in [6, 6.07) is 17.3. The second-order valence-corrected chi connectivity index (χ2v) is 7.58. The standard InChI is InChI=1S/C21H20ClFN2OS/c1-14(17-5-2-3-6-18(17)22)24-13-20(26)25-21(19-7-4-12-27-19)15-8-10-16(23)11-9-15/h2-12,14,21,24H,13H2,1H3,(H,25,26)/t14-,21+/m0/s1. The number of thiophene rings is 1. The van der Waals surface area contributed by atoms with Gasteiger partial charge in [0.05, 0.1) is 12.6 Å². The van der Waals surface area contributed by atoms with Gasteiger partial charge in [-0.3, -0.25) is 4.79 Å². The summed E-state index contributed by atoms with van der Waals surface area (Å²) in [6.45, 7) is 2.11. The van der Waals surface area contributed by atoms with Gasteiger partial charge in [-0.15, -0.1) is 11.3 Å². The van der Waals surface area contributed by atoms with Crippen molar-refractivity contribution >= 4 is 28.8 Å². The average Bonchev–Trinajstić information content (AvgIpc) is 3.20. The van der Waals surface area contributed by atoms with Crippen LogP contribution in [0.2, 0.25) is 5.02 Å². The highest BCUT2D eigenvalue weighted by molar-refractivity contribution is 7.10. The van der Waals surface area contributed by atoms with E-state index in [0.717, 1.165) is 16.0 Å². The summed E-state index contributed by atoms with van der Waals surface area (Å²) >= 11 is 7.76. The largest absolute Gasteiger partial charge is 0.343 e. The quantitative estimate of drug-likeness (QED) is 0.577. The lowest BCUT2D eigenvalue weighted by Gasteiger charge is -2.20. The molecule has 1 aromatic heterocycles. The van der Waals surface area contributed by atoms with Crippen LogP contribution in [0, 0.1) is 5.82 Å². The Morgan fingerprint density at radius 3 is 2.52 bits per heavy atom. The van der Waals surface area contributed by atoms with Crippen LogP contribution in [0.4, 0.5) is 4.39 Å². The fourth-order valence-electron chi connectivity index (χ4n) is 2.82. The summed E-state index contributed by atoms with van der Waals surface area (Å²) < 4.78 is 13.3. The number of benzene rings is 2. The van der Waals surface area contributed by atoms with Gasteiger partial charge in [0.15, 0.2) is 0 Å². The van der Waals surface area contributed by atoms with Crippen molar-refractivity contribution in [2.75, 3.05) is 6.54 Å². The van der Waals surface area contributed by atoms with E-state index in [9.17, 15) is 9.18 Å². The number of nitrogens with one attached hydrogen (secondary N) is 2. The molecule has 0 aliphatic heterocycles. The van der Waals surface area contributed by atoms with E-state index in [0.29, 0.717) is 5.02 Å². The molecule has 2 atom stereocenters. The van der Waals surface area contributed by atoms with Crippen molar-refractivity contribution < 1.29 is 9.18 Å². The molecule has 0 spiro atoms. The SMILES string of the molecule is C[C@H](NCC(=O)N[C@H](c1ccc(F)cc1)c1cccs1)c1ccccc1Cl. The molecule has 0 aliphatic rings. The van der Waals surface area contributed by atoms with Gasteiger partial charge >= 0.3 is 0 Å². The van der Waals surface area contributed by atoms with E-state index in [1.807, 2.05) is 48.7 Å². The zero-order chi connectivity index (χ0) is 19.2. The van der Waals surface area contributed by atoms with E-state index >= 15 is 0 Å². The molecule has 3 nitrogen and oxygen atoms in total. The van der Waals surface area contributed by atoms with Gasteiger partial charge in [-0.25, -0.2) is 4.39 Å². The van der Waals surface area contributed by atoms with E-state index in [1.54, 1.807) is 23.5 Å². The minimum atomic E-state index is -0.310. The Bertz CT molecular complexity index is 883. The molecule has 1 heterocycles. The molecular weight excluding hydrogens is 383 g/mol. The number of rotatable bonds is 7. The first-order chi connectivity index (χ1) is 13.0. The molecule has 0 fully saturated rings. The van der Waals surface area contributed by atoms with Crippen LogP contribution in [-0.4, -0.2) is 12.5 Å². The van der Waals surface area contributed by atoms with Gasteiger partial charge in [-0.05, 0) is 47.7 Å². The van der Waals surface area contributed by atoms with Crippen LogP contribution in [0.1, 0.15) is 35.0 Å². The Morgan fingerprint density at radius 1 is 1.11 bits per heavy atom. The zero-order valence-corrected chi connectivity index (χ0v) is 16.4. The molecule has 2 N–H and O–H groups in total. The van der Waals surface area contributed by atoms with Gasteiger partial charge in [-0.1, -0.05) is 48.0 Å². The Kier molecular flexibility index (Phi) is 6.61. The minimum Gasteiger partial charge on any atom is -0.343 e. The molecule has 3 rings (SSSR count). The van der Waals surface area contributed by atoms with Crippen molar-refractivity contribution in [3.63, 3.8) is 0 Å². The third kappa shape index (κ3) is 5.16. The molecule has 0 aliphatic carbocycles. The molecule has 140 valence electrons. The van der Waals surface area contributed by atoms with E-state index in [2.05, 4.69) is 10.6 Å². The van der Waals surface area contributed by atoms with Crippen LogP contribution < -0.4 is 10.6 Å². The summed E-state index contributed by atoms with van der Waals surface area (Å²) in [5, 5.41) is 8.85. The third-order valence-electron chi connectivity index (χ3n) is 4.28. The maximum atomic E-state index is 13.3. The molecule has 1 amide bonds. The second-order valence-electron chi connectivity index (χ2n) is 6.19. The first-order valence-electron chi connectivity index (χ1n) is 8.60. The summed E-state index contributed by atoms with van der Waals surface area (Å²) in [7, 11) is 0. The molecule has 0 radical (unpaired) electrons. The number of hydrogen-bond donors (Lipinski definition) is 2. The summed E-state index contributed by atoms with van der Waals surface area (Å²) in [5.41, 5.74) is 1.78. The average molecular weight is 403 g/mol. The van der Waals surface area contributed by atoms with Crippen LogP contribution in [-0.2, 0) is 4.79 Å². The highest BCUT2D eigenvalue weighted by Crippen LogP contribution is 2.26. The Hall–Kier alpha value is -2.21. The van der Waals surface area contributed by atoms with Crippen molar-refractivity contribution in [1.82, 2.24) is 10.6 Å². The Morgan fingerprint density at radius 2 is 1.85 bits per heavy atom. The van der Waals surface area contributed by atoms with Crippen molar-refractivity contribution in [1.29, 1.82) is 0 Å². The van der Waals surface area contributed by atoms with Gasteiger partial charge in [0.25, 0.3) is 0 Å². The highest BCUT2D eigenvalue weighted by Gasteiger charge is 2.18. The molecule has 3 aromatic rings. The molecule has 0 saturated carbocycles. The molecule has 0 bridgehead atoms. The van der Waals surface area contributed by atoms with E-state index in [1.165, 1.54) is 12.1 Å². The van der Waals surface area contributed by atoms with Crippen LogP contribution in [0.5, 0.6) is 0 Å². The van der Waals surface area contributed by atoms with Gasteiger partial charge in [0.2, 0.25) is 5.91 Å². The van der Waals surface area contributed by atoms with Crippen LogP contribution in [0.15, 0.2) is 66.0 Å². The highest BCUT2D eigenvalue weighted by atomic mass is 35.5. The second kappa shape index (κ2) is 9.13. The first kappa shape index (κ1) is 19.5. The lowest BCUT2D eigenvalue weighted by Crippen LogP contribution is -2.37. The van der Waals surface area contributed by atoms with Crippen molar-refractivity contribution in [3.05, 3.63) is 92.9 Å². The zero-order valence-electron chi connectivity index (χ0n) is 14.8. The number of amides is 1. The normalized spacial score (nSPS) is 13.1. The minimum absolute atomic E-state index is 0.0598. The summed E-state index contributed by atoms with van der Waals surface area (Å²) in [6.07, 6.45) is 0. The van der Waals surface area contributed by atoms with E-state index in [-0.39, 0.29) is 30.4 Å². The van der Waals surface area contributed by atoms with Gasteiger partial charge in [0.1, 0.15) is 5.82 Å². The molecule has 0 unspecified atom stereocenters. The maximum absolute atomic E-state index is 13.3. The maximum Gasteiger partial charge on any atom is 0.234 e. The first-order valence-corrected chi connectivity index (χ1v) is 9.86. The van der Waals surface area contributed by atoms with Crippen LogP contribution >= 0.6 is 22.9 Å². The molecule has 0 saturated heterocycles. The molecule has 2 aromatic carbocycles. The number of carbonyl (C=O) groups is 1. The van der Waals surface area contributed by atoms with Gasteiger partial charge in [-0.2, -0.15) is 0 Å². The third-order valence-corrected chi connectivity index (χ3v) is 5.56. The van der Waals surface area contributed by atoms with Gasteiger partial charge < -0.3 is 10.6 Å². The Labute approximate surface area is 167 Å². The predicted octanol–water partition coefficient (Wildman–Crippen LogP) is 5.10. The number of hydrogen-bond acceptors (Lipinski definition) is 3. The number of carbonyl (C=O) groups excluding carboxylic acids is 1. The monoisotopic (exact) mass is 402 g/mol. The number of halogens is 2. The smallest absolute Gasteiger partial charge is 0.234 e. The van der Waals surface area contributed by atoms with Crippen molar-refractivity contribution in [2.24, 2.45) is 0 Å². The predicted molar refractivity (Wildman–Crippen MR) is 109 cm³/mol. The summed E-state index contributed by atoms with van der Waals surface area (Å²) in [5.74, 6) is -0.443. The van der Waals surface area contributed by atoms with Crippen LogP contribution in [0.25, 0.3) is 0 Å². The van der Waals surface area contributed by atoms with Crippen LogP contribution in [0.3, 0.4) is 0 Å². The van der Waals surface area contributed by atoms with Gasteiger partial charge in [0, 0.05) is 15.9 Å². The van der Waals surface area contributed by atoms with E-state index in [4.69, 9.17) is 11.6 Å². The Balaban J connectivity index is 1.66. The lowest BCUT2D eigenvalue weighted by molar-refractivity contribution is -0.120. The van der Waals surface area contributed by atoms with Crippen molar-refractivity contribution in [2.45, 2.75) is 19.0 Å². The molecular formula is C21H20ClFN2OS.